The molecular weight excluding hydrogens is 285 g/mol. The highest BCUT2D eigenvalue weighted by Gasteiger charge is 2.30. The summed E-state index contributed by atoms with van der Waals surface area (Å²) >= 11 is 1.73. The number of hydrogen-bond donors (Lipinski definition) is 1. The molecule has 0 bridgehead atoms. The Labute approximate surface area is 128 Å². The van der Waals surface area contributed by atoms with Crippen LogP contribution in [0.1, 0.15) is 29.2 Å². The van der Waals surface area contributed by atoms with E-state index in [1.54, 1.807) is 24.5 Å². The number of rotatable bonds is 5. The van der Waals surface area contributed by atoms with Crippen molar-refractivity contribution in [2.75, 3.05) is 24.0 Å². The Bertz CT molecular complexity index is 597. The van der Waals surface area contributed by atoms with Gasteiger partial charge in [0, 0.05) is 25.0 Å². The van der Waals surface area contributed by atoms with E-state index in [4.69, 9.17) is 5.84 Å². The Kier molecular flexibility index (Phi) is 3.87. The average molecular weight is 305 g/mol. The van der Waals surface area contributed by atoms with Gasteiger partial charge >= 0.3 is 0 Å². The monoisotopic (exact) mass is 305 g/mol. The molecule has 0 aliphatic heterocycles. The Hall–Kier alpha value is -1.59. The van der Waals surface area contributed by atoms with E-state index in [0.717, 1.165) is 36.3 Å². The summed E-state index contributed by atoms with van der Waals surface area (Å²) in [6, 6.07) is 7.36. The first kappa shape index (κ1) is 14.4. The lowest BCUT2D eigenvalue weighted by atomic mass is 10.0. The van der Waals surface area contributed by atoms with Crippen molar-refractivity contribution in [1.29, 1.82) is 0 Å². The molecular formula is C16H20FN3S. The van der Waals surface area contributed by atoms with Crippen LogP contribution >= 0.6 is 11.3 Å². The maximum Gasteiger partial charge on any atom is 0.125 e. The van der Waals surface area contributed by atoms with Gasteiger partial charge in [0.1, 0.15) is 5.82 Å². The van der Waals surface area contributed by atoms with Crippen molar-refractivity contribution in [3.63, 3.8) is 0 Å². The van der Waals surface area contributed by atoms with E-state index >= 15 is 0 Å². The molecule has 3 nitrogen and oxygen atoms in total. The lowest BCUT2D eigenvalue weighted by Crippen LogP contribution is -2.29. The summed E-state index contributed by atoms with van der Waals surface area (Å²) in [6.45, 7) is 0.809. The lowest BCUT2D eigenvalue weighted by molar-refractivity contribution is 0.624. The number of anilines is 2. The summed E-state index contributed by atoms with van der Waals surface area (Å²) in [5, 5.41) is 3.58. The Morgan fingerprint density at radius 3 is 2.67 bits per heavy atom. The van der Waals surface area contributed by atoms with Crippen LogP contribution in [0, 0.1) is 5.82 Å². The van der Waals surface area contributed by atoms with Gasteiger partial charge in [-0.05, 0) is 41.8 Å². The highest BCUT2D eigenvalue weighted by atomic mass is 32.1. The highest BCUT2D eigenvalue weighted by Crippen LogP contribution is 2.47. The molecule has 0 radical (unpaired) electrons. The summed E-state index contributed by atoms with van der Waals surface area (Å²) in [4.78, 5) is 3.46. The fraction of sp³-hybridized carbons (Fsp3) is 0.375. The van der Waals surface area contributed by atoms with Gasteiger partial charge in [-0.15, -0.1) is 11.3 Å². The van der Waals surface area contributed by atoms with E-state index in [-0.39, 0.29) is 5.82 Å². The molecule has 0 spiro atoms. The maximum absolute atomic E-state index is 13.9. The third-order valence-electron chi connectivity index (χ3n) is 3.84. The zero-order chi connectivity index (χ0) is 15.0. The molecule has 1 saturated carbocycles. The van der Waals surface area contributed by atoms with Gasteiger partial charge in [0.05, 0.1) is 17.9 Å². The molecule has 1 aliphatic rings. The predicted molar refractivity (Wildman–Crippen MR) is 87.4 cm³/mol. The molecule has 1 aromatic heterocycles. The van der Waals surface area contributed by atoms with Crippen LogP contribution in [0.3, 0.4) is 0 Å². The fourth-order valence-corrected chi connectivity index (χ4v) is 3.47. The number of nitrogens with zero attached hydrogens (tertiary/aromatic N) is 2. The number of thiophene rings is 1. The lowest BCUT2D eigenvalue weighted by Gasteiger charge is -2.28. The second kappa shape index (κ2) is 5.66. The minimum atomic E-state index is -0.211. The van der Waals surface area contributed by atoms with Crippen molar-refractivity contribution in [3.8, 4) is 0 Å². The number of nitrogens with two attached hydrogens (primary N) is 1. The number of hydrogen-bond acceptors (Lipinski definition) is 4. The quantitative estimate of drug-likeness (QED) is 0.675. The molecule has 3 rings (SSSR count). The molecule has 0 unspecified atom stereocenters. The molecule has 5 heteroatoms. The third-order valence-corrected chi connectivity index (χ3v) is 4.70. The second-order valence-electron chi connectivity index (χ2n) is 5.68. The van der Waals surface area contributed by atoms with Gasteiger partial charge in [-0.3, -0.25) is 0 Å². The molecule has 1 aliphatic carbocycles. The maximum atomic E-state index is 13.9. The molecule has 21 heavy (non-hydrogen) atoms. The van der Waals surface area contributed by atoms with Gasteiger partial charge in [-0.1, -0.05) is 6.07 Å². The van der Waals surface area contributed by atoms with Crippen LogP contribution in [0.25, 0.3) is 0 Å². The molecule has 0 amide bonds. The number of hydrazine groups is 1. The van der Waals surface area contributed by atoms with Crippen molar-refractivity contribution in [2.24, 2.45) is 5.84 Å². The van der Waals surface area contributed by atoms with Gasteiger partial charge in [-0.25, -0.2) is 10.2 Å². The molecule has 1 aromatic carbocycles. The molecule has 1 fully saturated rings. The first-order valence-corrected chi connectivity index (χ1v) is 7.99. The smallest absolute Gasteiger partial charge is 0.125 e. The van der Waals surface area contributed by atoms with Crippen molar-refractivity contribution in [1.82, 2.24) is 0 Å². The van der Waals surface area contributed by atoms with Crippen molar-refractivity contribution in [2.45, 2.75) is 25.3 Å². The van der Waals surface area contributed by atoms with E-state index in [1.807, 2.05) is 7.05 Å². The molecule has 1 heterocycles. The van der Waals surface area contributed by atoms with Gasteiger partial charge in [0.2, 0.25) is 0 Å². The normalized spacial score (nSPS) is 14.3. The minimum absolute atomic E-state index is 0.211. The fourth-order valence-electron chi connectivity index (χ4n) is 2.71. The van der Waals surface area contributed by atoms with E-state index in [1.165, 1.54) is 16.0 Å². The van der Waals surface area contributed by atoms with Crippen molar-refractivity contribution in [3.05, 3.63) is 45.9 Å². The number of benzene rings is 1. The van der Waals surface area contributed by atoms with Crippen LogP contribution < -0.4 is 15.8 Å². The highest BCUT2D eigenvalue weighted by molar-refractivity contribution is 7.09. The van der Waals surface area contributed by atoms with Gasteiger partial charge in [0.25, 0.3) is 0 Å². The summed E-state index contributed by atoms with van der Waals surface area (Å²) < 4.78 is 13.9. The van der Waals surface area contributed by atoms with Crippen molar-refractivity contribution >= 4 is 22.7 Å². The van der Waals surface area contributed by atoms with Gasteiger partial charge in [0.15, 0.2) is 0 Å². The Morgan fingerprint density at radius 1 is 1.33 bits per heavy atom. The number of halogens is 1. The van der Waals surface area contributed by atoms with Gasteiger partial charge < -0.3 is 9.91 Å². The van der Waals surface area contributed by atoms with Crippen molar-refractivity contribution < 1.29 is 4.39 Å². The summed E-state index contributed by atoms with van der Waals surface area (Å²) in [5.74, 6) is 6.19. The first-order valence-electron chi connectivity index (χ1n) is 7.11. The standard InChI is InChI=1S/C16H20FN3S/c1-19(10-13-4-3-7-21-13)16-14(11-5-6-11)8-12(17)9-15(16)20(2)18/h3-4,7-9,11H,5-6,10,18H2,1-2H3. The summed E-state index contributed by atoms with van der Waals surface area (Å²) in [7, 11) is 3.81. The second-order valence-corrected chi connectivity index (χ2v) is 6.72. The van der Waals surface area contributed by atoms with E-state index in [9.17, 15) is 4.39 Å². The summed E-state index contributed by atoms with van der Waals surface area (Å²) in [6.07, 6.45) is 2.27. The van der Waals surface area contributed by atoms with Crippen LogP contribution in [-0.2, 0) is 6.54 Å². The Balaban J connectivity index is 2.01. The molecule has 112 valence electrons. The molecule has 0 saturated heterocycles. The average Bonchev–Trinajstić information content (AvgIpc) is 3.16. The van der Waals surface area contributed by atoms with Crippen LogP contribution in [0.4, 0.5) is 15.8 Å². The zero-order valence-corrected chi connectivity index (χ0v) is 13.2. The van der Waals surface area contributed by atoms with Gasteiger partial charge in [-0.2, -0.15) is 0 Å². The van der Waals surface area contributed by atoms with Crippen LogP contribution in [0.5, 0.6) is 0 Å². The third kappa shape index (κ3) is 3.04. The SMILES string of the molecule is CN(N)c1cc(F)cc(C2CC2)c1N(C)Cc1cccs1. The summed E-state index contributed by atoms with van der Waals surface area (Å²) in [5.41, 5.74) is 2.88. The molecule has 2 N–H and O–H groups in total. The first-order chi connectivity index (χ1) is 10.1. The molecule has 0 atom stereocenters. The zero-order valence-electron chi connectivity index (χ0n) is 12.3. The minimum Gasteiger partial charge on any atom is -0.368 e. The van der Waals surface area contributed by atoms with Crippen LogP contribution in [-0.4, -0.2) is 14.1 Å². The topological polar surface area (TPSA) is 32.5 Å². The van der Waals surface area contributed by atoms with E-state index < -0.39 is 0 Å². The van der Waals surface area contributed by atoms with E-state index in [0.29, 0.717) is 5.92 Å². The Morgan fingerprint density at radius 2 is 2.10 bits per heavy atom. The van der Waals surface area contributed by atoms with Crippen LogP contribution in [0.2, 0.25) is 0 Å². The largest absolute Gasteiger partial charge is 0.368 e. The molecule has 2 aromatic rings. The predicted octanol–water partition coefficient (Wildman–Crippen LogP) is 3.71. The van der Waals surface area contributed by atoms with Crippen LogP contribution in [0.15, 0.2) is 29.6 Å². The van der Waals surface area contributed by atoms with E-state index in [2.05, 4.69) is 22.4 Å².